The zero-order valence-corrected chi connectivity index (χ0v) is 11.9. The monoisotopic (exact) mass is 287 g/mol. The number of hydrogen-bond acceptors (Lipinski definition) is 4. The first-order valence-corrected chi connectivity index (χ1v) is 8.00. The van der Waals surface area contributed by atoms with Gasteiger partial charge in [0.15, 0.2) is 0 Å². The Balaban J connectivity index is 1.54. The summed E-state index contributed by atoms with van der Waals surface area (Å²) in [4.78, 5) is 16.7. The summed E-state index contributed by atoms with van der Waals surface area (Å²) < 4.78 is 1.10. The summed E-state index contributed by atoms with van der Waals surface area (Å²) >= 11 is 1.59. The summed E-state index contributed by atoms with van der Waals surface area (Å²) in [6, 6.07) is 5.89. The van der Waals surface area contributed by atoms with E-state index in [2.05, 4.69) is 10.3 Å². The molecular weight excluding hydrogens is 270 g/mol. The Morgan fingerprint density at radius 3 is 3.00 bits per heavy atom. The minimum absolute atomic E-state index is 0.00842. The summed E-state index contributed by atoms with van der Waals surface area (Å²) in [5, 5.41) is 3.04. The smallest absolute Gasteiger partial charge is 0.229 e. The van der Waals surface area contributed by atoms with E-state index in [0.717, 1.165) is 28.7 Å². The molecule has 1 amide bonds. The van der Waals surface area contributed by atoms with Crippen LogP contribution in [0.3, 0.4) is 0 Å². The fourth-order valence-corrected chi connectivity index (χ4v) is 4.60. The number of nitrogens with zero attached hydrogens (tertiary/aromatic N) is 1. The van der Waals surface area contributed by atoms with E-state index in [1.165, 1.54) is 6.42 Å². The average molecular weight is 287 g/mol. The lowest BCUT2D eigenvalue weighted by Gasteiger charge is -2.27. The van der Waals surface area contributed by atoms with E-state index in [-0.39, 0.29) is 17.9 Å². The Kier molecular flexibility index (Phi) is 2.79. The molecular formula is C15H17N3OS. The average Bonchev–Trinajstić information content (AvgIpc) is 3.12. The van der Waals surface area contributed by atoms with Crippen LogP contribution in [0, 0.1) is 17.8 Å². The van der Waals surface area contributed by atoms with Gasteiger partial charge in [-0.2, -0.15) is 0 Å². The van der Waals surface area contributed by atoms with Gasteiger partial charge in [0.25, 0.3) is 0 Å². The highest BCUT2D eigenvalue weighted by Crippen LogP contribution is 2.47. The van der Waals surface area contributed by atoms with Crippen LogP contribution in [0.4, 0.5) is 5.69 Å². The van der Waals surface area contributed by atoms with Crippen molar-refractivity contribution >= 4 is 33.1 Å². The number of amides is 1. The molecule has 0 spiro atoms. The van der Waals surface area contributed by atoms with Gasteiger partial charge in [-0.3, -0.25) is 4.79 Å². The van der Waals surface area contributed by atoms with Gasteiger partial charge < -0.3 is 11.1 Å². The molecule has 2 aromatic rings. The molecule has 2 aliphatic rings. The van der Waals surface area contributed by atoms with Crippen molar-refractivity contribution in [2.75, 3.05) is 5.32 Å². The Labute approximate surface area is 121 Å². The number of benzene rings is 1. The second-order valence-electron chi connectivity index (χ2n) is 5.96. The van der Waals surface area contributed by atoms with Crippen molar-refractivity contribution in [1.82, 2.24) is 4.98 Å². The number of thiazole rings is 1. The lowest BCUT2D eigenvalue weighted by Crippen LogP contribution is -2.42. The maximum atomic E-state index is 12.5. The van der Waals surface area contributed by atoms with E-state index in [1.807, 2.05) is 23.7 Å². The molecule has 1 heterocycles. The molecule has 0 saturated heterocycles. The molecule has 2 saturated carbocycles. The number of anilines is 1. The Morgan fingerprint density at radius 1 is 1.35 bits per heavy atom. The number of carbonyl (C=O) groups is 1. The molecule has 4 nitrogen and oxygen atoms in total. The fraction of sp³-hybridized carbons (Fsp3) is 0.467. The van der Waals surface area contributed by atoms with E-state index < -0.39 is 0 Å². The van der Waals surface area contributed by atoms with Crippen molar-refractivity contribution in [2.24, 2.45) is 23.5 Å². The van der Waals surface area contributed by atoms with Crippen molar-refractivity contribution < 1.29 is 4.79 Å². The summed E-state index contributed by atoms with van der Waals surface area (Å²) in [6.07, 6.45) is 3.49. The number of fused-ring (bicyclic) bond motifs is 3. The quantitative estimate of drug-likeness (QED) is 0.892. The second-order valence-corrected chi connectivity index (χ2v) is 6.85. The van der Waals surface area contributed by atoms with Gasteiger partial charge in [-0.25, -0.2) is 4.98 Å². The van der Waals surface area contributed by atoms with Gasteiger partial charge in [-0.15, -0.1) is 11.3 Å². The normalized spacial score (nSPS) is 31.9. The fourth-order valence-electron chi connectivity index (χ4n) is 3.88. The third-order valence-corrected chi connectivity index (χ3v) is 5.67. The molecule has 4 rings (SSSR count). The van der Waals surface area contributed by atoms with Crippen LogP contribution in [-0.4, -0.2) is 16.9 Å². The van der Waals surface area contributed by atoms with E-state index >= 15 is 0 Å². The van der Waals surface area contributed by atoms with Crippen LogP contribution in [-0.2, 0) is 4.79 Å². The SMILES string of the molecule is NC1C2CCC(C2)C1C(=O)Nc1ccc2ncsc2c1. The van der Waals surface area contributed by atoms with Crippen LogP contribution in [0.2, 0.25) is 0 Å². The van der Waals surface area contributed by atoms with Crippen LogP contribution < -0.4 is 11.1 Å². The molecule has 5 heteroatoms. The van der Waals surface area contributed by atoms with Crippen molar-refractivity contribution in [3.05, 3.63) is 23.7 Å². The zero-order valence-electron chi connectivity index (χ0n) is 11.1. The highest BCUT2D eigenvalue weighted by molar-refractivity contribution is 7.16. The van der Waals surface area contributed by atoms with Crippen LogP contribution in [0.5, 0.6) is 0 Å². The van der Waals surface area contributed by atoms with Gasteiger partial charge in [0.2, 0.25) is 5.91 Å². The van der Waals surface area contributed by atoms with Gasteiger partial charge >= 0.3 is 0 Å². The minimum Gasteiger partial charge on any atom is -0.327 e. The summed E-state index contributed by atoms with van der Waals surface area (Å²) in [6.45, 7) is 0. The van der Waals surface area contributed by atoms with E-state index in [1.54, 1.807) is 11.3 Å². The van der Waals surface area contributed by atoms with Crippen LogP contribution in [0.25, 0.3) is 10.2 Å². The van der Waals surface area contributed by atoms with Gasteiger partial charge in [-0.1, -0.05) is 0 Å². The molecule has 4 atom stereocenters. The molecule has 1 aromatic carbocycles. The van der Waals surface area contributed by atoms with Gasteiger partial charge in [0.05, 0.1) is 21.6 Å². The zero-order chi connectivity index (χ0) is 13.7. The molecule has 20 heavy (non-hydrogen) atoms. The topological polar surface area (TPSA) is 68.0 Å². The van der Waals surface area contributed by atoms with Gasteiger partial charge in [0.1, 0.15) is 0 Å². The first-order chi connectivity index (χ1) is 9.72. The molecule has 2 aliphatic carbocycles. The third-order valence-electron chi connectivity index (χ3n) is 4.88. The minimum atomic E-state index is -0.00842. The lowest BCUT2D eigenvalue weighted by atomic mass is 9.84. The molecule has 3 N–H and O–H groups in total. The first-order valence-electron chi connectivity index (χ1n) is 7.12. The third kappa shape index (κ3) is 1.84. The van der Waals surface area contributed by atoms with E-state index in [0.29, 0.717) is 11.8 Å². The molecule has 1 aromatic heterocycles. The van der Waals surface area contributed by atoms with Gasteiger partial charge in [0, 0.05) is 11.7 Å². The highest BCUT2D eigenvalue weighted by atomic mass is 32.1. The molecule has 2 fully saturated rings. The molecule has 4 unspecified atom stereocenters. The molecule has 0 radical (unpaired) electrons. The number of nitrogens with two attached hydrogens (primary N) is 1. The summed E-state index contributed by atoms with van der Waals surface area (Å²) in [7, 11) is 0. The van der Waals surface area contributed by atoms with E-state index in [9.17, 15) is 4.79 Å². The Morgan fingerprint density at radius 2 is 2.20 bits per heavy atom. The maximum Gasteiger partial charge on any atom is 0.229 e. The number of aromatic nitrogens is 1. The number of nitrogens with one attached hydrogen (secondary N) is 1. The Hall–Kier alpha value is -1.46. The van der Waals surface area contributed by atoms with Crippen LogP contribution in [0.15, 0.2) is 23.7 Å². The summed E-state index contributed by atoms with van der Waals surface area (Å²) in [5.74, 6) is 1.13. The lowest BCUT2D eigenvalue weighted by molar-refractivity contribution is -0.121. The van der Waals surface area contributed by atoms with Crippen LogP contribution in [0.1, 0.15) is 19.3 Å². The second kappa shape index (κ2) is 4.53. The number of rotatable bonds is 2. The largest absolute Gasteiger partial charge is 0.327 e. The maximum absolute atomic E-state index is 12.5. The standard InChI is InChI=1S/C15H17N3OS/c16-14-9-2-1-8(5-9)13(14)15(19)18-10-3-4-11-12(6-10)20-7-17-11/h3-4,6-9,13-14H,1-2,5,16H2,(H,18,19). The first kappa shape index (κ1) is 12.3. The van der Waals surface area contributed by atoms with Crippen LogP contribution >= 0.6 is 11.3 Å². The van der Waals surface area contributed by atoms with Gasteiger partial charge in [-0.05, 0) is 49.3 Å². The van der Waals surface area contributed by atoms with Crippen molar-refractivity contribution in [3.8, 4) is 0 Å². The molecule has 104 valence electrons. The predicted octanol–water partition coefficient (Wildman–Crippen LogP) is 2.61. The highest BCUT2D eigenvalue weighted by Gasteiger charge is 2.49. The Bertz CT molecular complexity index is 666. The molecule has 2 bridgehead atoms. The predicted molar refractivity (Wildman–Crippen MR) is 80.5 cm³/mol. The summed E-state index contributed by atoms with van der Waals surface area (Å²) in [5.41, 5.74) is 9.87. The van der Waals surface area contributed by atoms with E-state index in [4.69, 9.17) is 5.73 Å². The number of carbonyl (C=O) groups excluding carboxylic acids is 1. The van der Waals surface area contributed by atoms with Crippen molar-refractivity contribution in [2.45, 2.75) is 25.3 Å². The van der Waals surface area contributed by atoms with Crippen molar-refractivity contribution in [3.63, 3.8) is 0 Å². The number of hydrogen-bond donors (Lipinski definition) is 2. The molecule has 0 aliphatic heterocycles. The van der Waals surface area contributed by atoms with Crippen molar-refractivity contribution in [1.29, 1.82) is 0 Å².